The summed E-state index contributed by atoms with van der Waals surface area (Å²) in [5, 5.41) is 7.26. The Kier molecular flexibility index (Phi) is 7.50. The standard InChI is InChI=1S/C12H21N5O.HI/c1-8(2)6-14-12(13)15-7-10-9(3)16-17(4)11(10)18-5;/h1,6-7H2,2-5H3,(H3,13,14,15);1H. The van der Waals surface area contributed by atoms with Crippen LogP contribution in [0, 0.1) is 6.92 Å². The van der Waals surface area contributed by atoms with Gasteiger partial charge in [0.25, 0.3) is 0 Å². The van der Waals surface area contributed by atoms with Crippen LogP contribution in [-0.4, -0.2) is 29.4 Å². The Morgan fingerprint density at radius 1 is 1.58 bits per heavy atom. The van der Waals surface area contributed by atoms with Gasteiger partial charge in [-0.2, -0.15) is 5.10 Å². The van der Waals surface area contributed by atoms with Crippen LogP contribution >= 0.6 is 24.0 Å². The predicted molar refractivity (Wildman–Crippen MR) is 88.1 cm³/mol. The van der Waals surface area contributed by atoms with Crippen molar-refractivity contribution in [2.75, 3.05) is 13.7 Å². The highest BCUT2D eigenvalue weighted by atomic mass is 127. The van der Waals surface area contributed by atoms with Gasteiger partial charge < -0.3 is 15.8 Å². The Morgan fingerprint density at radius 3 is 2.74 bits per heavy atom. The van der Waals surface area contributed by atoms with Gasteiger partial charge >= 0.3 is 0 Å². The summed E-state index contributed by atoms with van der Waals surface area (Å²) >= 11 is 0. The van der Waals surface area contributed by atoms with E-state index in [1.807, 2.05) is 20.9 Å². The van der Waals surface area contributed by atoms with Crippen molar-refractivity contribution in [2.24, 2.45) is 17.8 Å². The van der Waals surface area contributed by atoms with E-state index in [9.17, 15) is 0 Å². The van der Waals surface area contributed by atoms with Crippen molar-refractivity contribution >= 4 is 29.9 Å². The van der Waals surface area contributed by atoms with E-state index in [0.717, 1.165) is 16.8 Å². The molecule has 108 valence electrons. The molecule has 0 aliphatic rings. The molecule has 0 radical (unpaired) electrons. The van der Waals surface area contributed by atoms with E-state index in [4.69, 9.17) is 10.5 Å². The van der Waals surface area contributed by atoms with Gasteiger partial charge in [0, 0.05) is 13.6 Å². The summed E-state index contributed by atoms with van der Waals surface area (Å²) in [5.41, 5.74) is 8.59. The SMILES string of the molecule is C=C(C)CNC(N)=NCc1c(C)nn(C)c1OC.I. The number of aryl methyl sites for hydroxylation is 2. The third-order valence-corrected chi connectivity index (χ3v) is 2.46. The minimum absolute atomic E-state index is 0. The molecule has 0 saturated carbocycles. The van der Waals surface area contributed by atoms with Crippen molar-refractivity contribution in [3.63, 3.8) is 0 Å². The first kappa shape index (κ1) is 17.8. The van der Waals surface area contributed by atoms with Gasteiger partial charge in [0.1, 0.15) is 0 Å². The summed E-state index contributed by atoms with van der Waals surface area (Å²) in [6.45, 7) is 8.70. The minimum atomic E-state index is 0. The molecule has 1 rings (SSSR count). The largest absolute Gasteiger partial charge is 0.481 e. The zero-order valence-corrected chi connectivity index (χ0v) is 14.2. The molecule has 0 saturated heterocycles. The second-order valence-corrected chi connectivity index (χ2v) is 4.21. The highest BCUT2D eigenvalue weighted by Crippen LogP contribution is 2.21. The maximum Gasteiger partial charge on any atom is 0.216 e. The van der Waals surface area contributed by atoms with Gasteiger partial charge in [0.05, 0.1) is 24.9 Å². The van der Waals surface area contributed by atoms with Gasteiger partial charge in [-0.05, 0) is 13.8 Å². The van der Waals surface area contributed by atoms with E-state index in [-0.39, 0.29) is 24.0 Å². The Labute approximate surface area is 131 Å². The van der Waals surface area contributed by atoms with Gasteiger partial charge in [0.15, 0.2) is 5.96 Å². The van der Waals surface area contributed by atoms with Crippen LogP contribution in [0.4, 0.5) is 0 Å². The fourth-order valence-electron chi connectivity index (χ4n) is 1.58. The molecule has 0 atom stereocenters. The van der Waals surface area contributed by atoms with Crippen LogP contribution in [0.25, 0.3) is 0 Å². The second-order valence-electron chi connectivity index (χ2n) is 4.21. The van der Waals surface area contributed by atoms with E-state index in [1.54, 1.807) is 11.8 Å². The topological polar surface area (TPSA) is 77.5 Å². The van der Waals surface area contributed by atoms with Crippen molar-refractivity contribution in [3.8, 4) is 5.88 Å². The molecule has 19 heavy (non-hydrogen) atoms. The number of guanidine groups is 1. The van der Waals surface area contributed by atoms with Crippen LogP contribution in [-0.2, 0) is 13.6 Å². The molecule has 1 aromatic rings. The number of halogens is 1. The highest BCUT2D eigenvalue weighted by Gasteiger charge is 2.12. The normalized spacial score (nSPS) is 10.8. The average Bonchev–Trinajstić information content (AvgIpc) is 2.57. The molecule has 0 fully saturated rings. The summed E-state index contributed by atoms with van der Waals surface area (Å²) in [6.07, 6.45) is 0. The molecular weight excluding hydrogens is 357 g/mol. The van der Waals surface area contributed by atoms with E-state index in [2.05, 4.69) is 22.0 Å². The first-order valence-corrected chi connectivity index (χ1v) is 5.70. The minimum Gasteiger partial charge on any atom is -0.481 e. The first-order valence-electron chi connectivity index (χ1n) is 5.70. The molecule has 7 heteroatoms. The summed E-state index contributed by atoms with van der Waals surface area (Å²) in [6, 6.07) is 0. The Bertz CT molecular complexity index is 467. The maximum atomic E-state index is 5.75. The van der Waals surface area contributed by atoms with Crippen molar-refractivity contribution in [3.05, 3.63) is 23.4 Å². The third kappa shape index (κ3) is 5.09. The monoisotopic (exact) mass is 379 g/mol. The van der Waals surface area contributed by atoms with Crippen molar-refractivity contribution in [1.82, 2.24) is 15.1 Å². The van der Waals surface area contributed by atoms with Crippen molar-refractivity contribution < 1.29 is 4.74 Å². The van der Waals surface area contributed by atoms with Crippen LogP contribution < -0.4 is 15.8 Å². The fourth-order valence-corrected chi connectivity index (χ4v) is 1.58. The number of ether oxygens (including phenoxy) is 1. The van der Waals surface area contributed by atoms with Crippen LogP contribution in [0.2, 0.25) is 0 Å². The maximum absolute atomic E-state index is 5.75. The zero-order chi connectivity index (χ0) is 13.7. The van der Waals surface area contributed by atoms with Gasteiger partial charge in [-0.15, -0.1) is 24.0 Å². The summed E-state index contributed by atoms with van der Waals surface area (Å²) in [7, 11) is 3.45. The smallest absolute Gasteiger partial charge is 0.216 e. The highest BCUT2D eigenvalue weighted by molar-refractivity contribution is 14.0. The number of hydrogen-bond acceptors (Lipinski definition) is 3. The number of hydrogen-bond donors (Lipinski definition) is 2. The second kappa shape index (κ2) is 8.03. The quantitative estimate of drug-likeness (QED) is 0.350. The lowest BCUT2D eigenvalue weighted by atomic mass is 10.2. The molecule has 3 N–H and O–H groups in total. The van der Waals surface area contributed by atoms with E-state index < -0.39 is 0 Å². The third-order valence-electron chi connectivity index (χ3n) is 2.46. The molecular formula is C12H22IN5O. The molecule has 1 aromatic heterocycles. The molecule has 0 amide bonds. The van der Waals surface area contributed by atoms with Crippen molar-refractivity contribution in [1.29, 1.82) is 0 Å². The number of nitrogens with two attached hydrogens (primary N) is 1. The fraction of sp³-hybridized carbons (Fsp3) is 0.500. The van der Waals surface area contributed by atoms with Gasteiger partial charge in [-0.1, -0.05) is 12.2 Å². The van der Waals surface area contributed by atoms with Crippen LogP contribution in [0.1, 0.15) is 18.2 Å². The number of methoxy groups -OCH3 is 1. The lowest BCUT2D eigenvalue weighted by molar-refractivity contribution is 0.369. The van der Waals surface area contributed by atoms with Crippen molar-refractivity contribution in [2.45, 2.75) is 20.4 Å². The number of nitrogens with zero attached hydrogens (tertiary/aromatic N) is 3. The molecule has 6 nitrogen and oxygen atoms in total. The summed E-state index contributed by atoms with van der Waals surface area (Å²) in [5.74, 6) is 1.10. The van der Waals surface area contributed by atoms with Gasteiger partial charge in [-0.3, -0.25) is 0 Å². The Morgan fingerprint density at radius 2 is 2.21 bits per heavy atom. The van der Waals surface area contributed by atoms with Crippen LogP contribution in [0.3, 0.4) is 0 Å². The van der Waals surface area contributed by atoms with Crippen LogP contribution in [0.5, 0.6) is 5.88 Å². The molecule has 0 aliphatic heterocycles. The Balaban J connectivity index is 0.00000324. The first-order chi connectivity index (χ1) is 8.45. The number of aromatic nitrogens is 2. The number of aliphatic imine (C=N–C) groups is 1. The molecule has 0 aromatic carbocycles. The lowest BCUT2D eigenvalue weighted by Gasteiger charge is -2.06. The molecule has 0 spiro atoms. The number of nitrogens with one attached hydrogen (secondary N) is 1. The van der Waals surface area contributed by atoms with Gasteiger partial charge in [-0.25, -0.2) is 9.67 Å². The molecule has 0 unspecified atom stereocenters. The number of rotatable bonds is 5. The van der Waals surface area contributed by atoms with E-state index in [1.165, 1.54) is 0 Å². The predicted octanol–water partition coefficient (Wildman–Crippen LogP) is 1.34. The molecule has 0 aliphatic carbocycles. The van der Waals surface area contributed by atoms with E-state index in [0.29, 0.717) is 24.9 Å². The Hall–Kier alpha value is -1.25. The lowest BCUT2D eigenvalue weighted by Crippen LogP contribution is -2.32. The van der Waals surface area contributed by atoms with E-state index >= 15 is 0 Å². The average molecular weight is 379 g/mol. The summed E-state index contributed by atoms with van der Waals surface area (Å²) in [4.78, 5) is 4.26. The molecule has 1 heterocycles. The summed E-state index contributed by atoms with van der Waals surface area (Å²) < 4.78 is 6.98. The van der Waals surface area contributed by atoms with Gasteiger partial charge in [0.2, 0.25) is 5.88 Å². The molecule has 0 bridgehead atoms. The van der Waals surface area contributed by atoms with Crippen LogP contribution in [0.15, 0.2) is 17.1 Å². The zero-order valence-electron chi connectivity index (χ0n) is 11.9.